The van der Waals surface area contributed by atoms with Gasteiger partial charge in [0, 0.05) is 18.3 Å². The molecule has 0 radical (unpaired) electrons. The summed E-state index contributed by atoms with van der Waals surface area (Å²) in [6.07, 6.45) is 1.44. The fourth-order valence-electron chi connectivity index (χ4n) is 1.65. The first-order chi connectivity index (χ1) is 7.67. The summed E-state index contributed by atoms with van der Waals surface area (Å²) in [5.74, 6) is 0.103. The molecule has 1 aromatic heterocycles. The van der Waals surface area contributed by atoms with Gasteiger partial charge in [-0.2, -0.15) is 0 Å². The van der Waals surface area contributed by atoms with E-state index in [4.69, 9.17) is 14.6 Å². The van der Waals surface area contributed by atoms with Crippen molar-refractivity contribution in [2.24, 2.45) is 0 Å². The highest BCUT2D eigenvalue weighted by Crippen LogP contribution is 2.33. The summed E-state index contributed by atoms with van der Waals surface area (Å²) in [6.45, 7) is 0. The lowest BCUT2D eigenvalue weighted by molar-refractivity contribution is 0.0699. The van der Waals surface area contributed by atoms with Crippen molar-refractivity contribution in [3.05, 3.63) is 23.9 Å². The lowest BCUT2D eigenvalue weighted by atomic mass is 10.1. The number of rotatable bonds is 3. The molecule has 5 nitrogen and oxygen atoms in total. The van der Waals surface area contributed by atoms with Gasteiger partial charge in [-0.1, -0.05) is 0 Å². The number of hydrogen-bond donors (Lipinski definition) is 2. The topological polar surface area (TPSA) is 71.6 Å². The molecule has 0 saturated carbocycles. The Kier molecular flexibility index (Phi) is 2.44. The number of fused-ring (bicyclic) bond motifs is 1. The van der Waals surface area contributed by atoms with Gasteiger partial charge in [-0.25, -0.2) is 4.79 Å². The van der Waals surface area contributed by atoms with Crippen molar-refractivity contribution in [1.29, 1.82) is 0 Å². The quantitative estimate of drug-likeness (QED) is 0.830. The fourth-order valence-corrected chi connectivity index (χ4v) is 1.65. The molecule has 1 aromatic carbocycles. The molecule has 0 aliphatic rings. The van der Waals surface area contributed by atoms with Crippen LogP contribution < -0.4 is 9.47 Å². The fraction of sp³-hybridized carbons (Fsp3) is 0.182. The third-order valence-corrected chi connectivity index (χ3v) is 2.40. The minimum Gasteiger partial charge on any atom is -0.497 e. The van der Waals surface area contributed by atoms with Crippen LogP contribution in [0.3, 0.4) is 0 Å². The molecule has 0 unspecified atom stereocenters. The number of ether oxygens (including phenoxy) is 2. The molecule has 1 heterocycles. The number of aromatic amines is 1. The second-order valence-electron chi connectivity index (χ2n) is 3.26. The summed E-state index contributed by atoms with van der Waals surface area (Å²) < 4.78 is 10.2. The molecular weight excluding hydrogens is 210 g/mol. The Hall–Kier alpha value is -2.17. The van der Waals surface area contributed by atoms with Crippen molar-refractivity contribution in [3.8, 4) is 11.5 Å². The van der Waals surface area contributed by atoms with Crippen LogP contribution in [-0.4, -0.2) is 30.3 Å². The van der Waals surface area contributed by atoms with Crippen LogP contribution in [0, 0.1) is 0 Å². The summed E-state index contributed by atoms with van der Waals surface area (Å²) >= 11 is 0. The van der Waals surface area contributed by atoms with Crippen LogP contribution in [0.5, 0.6) is 11.5 Å². The molecule has 0 saturated heterocycles. The molecule has 84 valence electrons. The van der Waals surface area contributed by atoms with Crippen LogP contribution in [-0.2, 0) is 0 Å². The van der Waals surface area contributed by atoms with Crippen LogP contribution in [0.1, 0.15) is 10.4 Å². The number of methoxy groups -OCH3 is 2. The Balaban J connectivity index is 2.77. The number of H-pyrrole nitrogens is 1. The molecule has 0 aliphatic heterocycles. The molecule has 0 bridgehead atoms. The number of carboxylic acid groups (broad SMARTS) is 1. The molecule has 0 fully saturated rings. The van der Waals surface area contributed by atoms with Crippen LogP contribution in [0.15, 0.2) is 18.3 Å². The van der Waals surface area contributed by atoms with Gasteiger partial charge in [0.25, 0.3) is 0 Å². The van der Waals surface area contributed by atoms with Gasteiger partial charge < -0.3 is 19.6 Å². The number of aromatic nitrogens is 1. The summed E-state index contributed by atoms with van der Waals surface area (Å²) in [5, 5.41) is 9.56. The number of carboxylic acids is 1. The molecule has 2 aromatic rings. The molecule has 2 N–H and O–H groups in total. The Labute approximate surface area is 91.6 Å². The summed E-state index contributed by atoms with van der Waals surface area (Å²) in [6, 6.07) is 3.38. The number of aromatic carboxylic acids is 1. The smallest absolute Gasteiger partial charge is 0.338 e. The van der Waals surface area contributed by atoms with Gasteiger partial charge in [-0.3, -0.25) is 0 Å². The molecule has 16 heavy (non-hydrogen) atoms. The van der Waals surface area contributed by atoms with E-state index in [1.807, 2.05) is 0 Å². The monoisotopic (exact) mass is 221 g/mol. The average Bonchev–Trinajstić information content (AvgIpc) is 2.71. The van der Waals surface area contributed by atoms with Gasteiger partial charge in [0.1, 0.15) is 11.5 Å². The maximum atomic E-state index is 11.0. The third-order valence-electron chi connectivity index (χ3n) is 2.40. The highest BCUT2D eigenvalue weighted by atomic mass is 16.5. The minimum atomic E-state index is -0.991. The summed E-state index contributed by atoms with van der Waals surface area (Å²) in [7, 11) is 3.04. The van der Waals surface area contributed by atoms with Crippen molar-refractivity contribution in [2.45, 2.75) is 0 Å². The van der Waals surface area contributed by atoms with Gasteiger partial charge in [0.2, 0.25) is 0 Å². The zero-order chi connectivity index (χ0) is 11.7. The third kappa shape index (κ3) is 1.46. The van der Waals surface area contributed by atoms with Crippen molar-refractivity contribution in [1.82, 2.24) is 4.98 Å². The van der Waals surface area contributed by atoms with Crippen molar-refractivity contribution >= 4 is 16.9 Å². The molecule has 0 amide bonds. The molecular formula is C11H11NO4. The number of carbonyl (C=O) groups is 1. The second-order valence-corrected chi connectivity index (χ2v) is 3.26. The van der Waals surface area contributed by atoms with Gasteiger partial charge in [0.05, 0.1) is 30.7 Å². The Morgan fingerprint density at radius 1 is 1.31 bits per heavy atom. The molecule has 0 aliphatic carbocycles. The van der Waals surface area contributed by atoms with Crippen molar-refractivity contribution in [3.63, 3.8) is 0 Å². The number of benzene rings is 1. The molecule has 5 heteroatoms. The van der Waals surface area contributed by atoms with E-state index in [-0.39, 0.29) is 5.56 Å². The van der Waals surface area contributed by atoms with Crippen molar-refractivity contribution < 1.29 is 19.4 Å². The minimum absolute atomic E-state index is 0.189. The Morgan fingerprint density at radius 2 is 2.06 bits per heavy atom. The Bertz CT molecular complexity index is 544. The highest BCUT2D eigenvalue weighted by Gasteiger charge is 2.16. The van der Waals surface area contributed by atoms with Gasteiger partial charge in [0.15, 0.2) is 0 Å². The van der Waals surface area contributed by atoms with Gasteiger partial charge >= 0.3 is 5.97 Å². The number of hydrogen-bond acceptors (Lipinski definition) is 3. The normalized spacial score (nSPS) is 10.4. The van der Waals surface area contributed by atoms with Crippen LogP contribution in [0.4, 0.5) is 0 Å². The van der Waals surface area contributed by atoms with Crippen LogP contribution >= 0.6 is 0 Å². The molecule has 0 spiro atoms. The largest absolute Gasteiger partial charge is 0.497 e. The first kappa shape index (κ1) is 10.4. The van der Waals surface area contributed by atoms with E-state index >= 15 is 0 Å². The van der Waals surface area contributed by atoms with E-state index in [1.165, 1.54) is 13.3 Å². The van der Waals surface area contributed by atoms with Crippen molar-refractivity contribution in [2.75, 3.05) is 14.2 Å². The predicted octanol–water partition coefficient (Wildman–Crippen LogP) is 1.88. The lowest BCUT2D eigenvalue weighted by Crippen LogP contribution is -1.96. The van der Waals surface area contributed by atoms with E-state index in [1.54, 1.807) is 19.2 Å². The average molecular weight is 221 g/mol. The molecule has 2 rings (SSSR count). The van der Waals surface area contributed by atoms with E-state index in [0.29, 0.717) is 22.4 Å². The van der Waals surface area contributed by atoms with E-state index in [0.717, 1.165) is 0 Å². The zero-order valence-electron chi connectivity index (χ0n) is 8.90. The first-order valence-electron chi connectivity index (χ1n) is 4.63. The summed E-state index contributed by atoms with van der Waals surface area (Å²) in [4.78, 5) is 13.9. The maximum absolute atomic E-state index is 11.0. The van der Waals surface area contributed by atoms with Crippen LogP contribution in [0.25, 0.3) is 10.9 Å². The first-order valence-corrected chi connectivity index (χ1v) is 4.63. The van der Waals surface area contributed by atoms with E-state index in [9.17, 15) is 4.79 Å². The van der Waals surface area contributed by atoms with E-state index in [2.05, 4.69) is 4.98 Å². The lowest BCUT2D eigenvalue weighted by Gasteiger charge is -2.06. The highest BCUT2D eigenvalue weighted by molar-refractivity contribution is 6.06. The predicted molar refractivity (Wildman–Crippen MR) is 58.4 cm³/mol. The Morgan fingerprint density at radius 3 is 2.62 bits per heavy atom. The number of nitrogens with one attached hydrogen (secondary N) is 1. The van der Waals surface area contributed by atoms with E-state index < -0.39 is 5.97 Å². The SMILES string of the molecule is COc1cc(OC)c2c(C(=O)O)c[nH]c2c1. The van der Waals surface area contributed by atoms with Gasteiger partial charge in [-0.15, -0.1) is 0 Å². The maximum Gasteiger partial charge on any atom is 0.338 e. The zero-order valence-corrected chi connectivity index (χ0v) is 8.90. The summed E-state index contributed by atoms with van der Waals surface area (Å²) in [5.41, 5.74) is 0.864. The molecule has 0 atom stereocenters. The second kappa shape index (κ2) is 3.77. The van der Waals surface area contributed by atoms with Gasteiger partial charge in [-0.05, 0) is 0 Å². The standard InChI is InChI=1S/C11H11NO4/c1-15-6-3-8-10(9(4-6)16-2)7(5-12-8)11(13)14/h3-5,12H,1-2H3,(H,13,14). The van der Waals surface area contributed by atoms with Crippen LogP contribution in [0.2, 0.25) is 0 Å².